The number of aliphatic hydroxyl groups excluding tert-OH is 1. The summed E-state index contributed by atoms with van der Waals surface area (Å²) in [6.45, 7) is 0.156. The van der Waals surface area contributed by atoms with E-state index in [0.29, 0.717) is 22.8 Å². The number of nitrogen functional groups attached to an aromatic ring is 1. The molecular formula is C20H17Cl2FN2O2. The first-order valence-electron chi connectivity index (χ1n) is 8.20. The summed E-state index contributed by atoms with van der Waals surface area (Å²) in [5, 5.41) is 9.66. The van der Waals surface area contributed by atoms with Crippen molar-refractivity contribution in [3.8, 4) is 16.9 Å². The second kappa shape index (κ2) is 8.57. The highest BCUT2D eigenvalue weighted by atomic mass is 35.5. The fraction of sp³-hybridized carbons (Fsp3) is 0.150. The molecule has 7 heteroatoms. The molecule has 0 aliphatic heterocycles. The van der Waals surface area contributed by atoms with Crippen molar-refractivity contribution >= 4 is 29.0 Å². The number of nitrogens with two attached hydrogens (primary N) is 1. The number of anilines is 1. The first kappa shape index (κ1) is 19.4. The Morgan fingerprint density at radius 2 is 1.93 bits per heavy atom. The van der Waals surface area contributed by atoms with Crippen LogP contribution in [0.5, 0.6) is 5.75 Å². The van der Waals surface area contributed by atoms with Gasteiger partial charge in [0.05, 0.1) is 18.2 Å². The molecule has 0 bridgehead atoms. The summed E-state index contributed by atoms with van der Waals surface area (Å²) in [5.41, 5.74) is 8.86. The number of hydrogen-bond donors (Lipinski definition) is 2. The van der Waals surface area contributed by atoms with Crippen molar-refractivity contribution in [2.45, 2.75) is 13.0 Å². The molecule has 1 aromatic heterocycles. The predicted octanol–water partition coefficient (Wildman–Crippen LogP) is 4.89. The molecule has 0 amide bonds. The third-order valence-corrected chi connectivity index (χ3v) is 4.84. The maximum Gasteiger partial charge on any atom is 0.166 e. The molecule has 1 heterocycles. The Hall–Kier alpha value is -2.34. The Bertz CT molecular complexity index is 967. The monoisotopic (exact) mass is 406 g/mol. The molecular weight excluding hydrogens is 390 g/mol. The number of benzene rings is 2. The second-order valence-electron chi connectivity index (χ2n) is 5.89. The highest BCUT2D eigenvalue weighted by molar-refractivity contribution is 6.36. The smallest absolute Gasteiger partial charge is 0.166 e. The minimum atomic E-state index is -0.525. The summed E-state index contributed by atoms with van der Waals surface area (Å²) in [4.78, 5) is 4.16. The zero-order valence-electron chi connectivity index (χ0n) is 14.3. The lowest BCUT2D eigenvalue weighted by molar-refractivity contribution is 0.282. The number of hydrogen-bond acceptors (Lipinski definition) is 4. The Labute approximate surface area is 166 Å². The van der Waals surface area contributed by atoms with E-state index < -0.39 is 5.82 Å². The van der Waals surface area contributed by atoms with E-state index in [1.165, 1.54) is 12.1 Å². The van der Waals surface area contributed by atoms with Crippen molar-refractivity contribution < 1.29 is 14.2 Å². The molecule has 0 unspecified atom stereocenters. The number of rotatable bonds is 6. The second-order valence-corrected chi connectivity index (χ2v) is 6.67. The van der Waals surface area contributed by atoms with Gasteiger partial charge in [-0.2, -0.15) is 0 Å². The molecule has 3 aromatic rings. The molecule has 4 nitrogen and oxygen atoms in total. The van der Waals surface area contributed by atoms with Gasteiger partial charge in [-0.1, -0.05) is 41.4 Å². The third kappa shape index (κ3) is 4.50. The quantitative estimate of drug-likeness (QED) is 0.571. The lowest BCUT2D eigenvalue weighted by Gasteiger charge is -2.12. The first-order chi connectivity index (χ1) is 13.0. The minimum Gasteiger partial charge on any atom is -0.489 e. The van der Waals surface area contributed by atoms with Crippen LogP contribution in [0.2, 0.25) is 10.0 Å². The van der Waals surface area contributed by atoms with Gasteiger partial charge in [-0.25, -0.2) is 9.37 Å². The molecule has 3 N–H and O–H groups in total. The zero-order valence-corrected chi connectivity index (χ0v) is 15.8. The van der Waals surface area contributed by atoms with Crippen LogP contribution in [0.1, 0.15) is 11.1 Å². The molecule has 3 rings (SSSR count). The van der Waals surface area contributed by atoms with Gasteiger partial charge >= 0.3 is 0 Å². The van der Waals surface area contributed by atoms with Crippen LogP contribution < -0.4 is 10.5 Å². The number of nitrogens with zero attached hydrogens (tertiary/aromatic N) is 1. The topological polar surface area (TPSA) is 68.4 Å². The van der Waals surface area contributed by atoms with Crippen molar-refractivity contribution in [1.29, 1.82) is 0 Å². The Balaban J connectivity index is 1.77. The van der Waals surface area contributed by atoms with Gasteiger partial charge in [0, 0.05) is 23.2 Å². The highest BCUT2D eigenvalue weighted by Crippen LogP contribution is 2.30. The molecule has 0 radical (unpaired) electrons. The SMILES string of the molecule is Nc1ncc(-c2cccc(CO)c2)cc1OCCc1c(Cl)ccc(F)c1Cl. The average molecular weight is 407 g/mol. The van der Waals surface area contributed by atoms with Gasteiger partial charge in [-0.05, 0) is 41.0 Å². The average Bonchev–Trinajstić information content (AvgIpc) is 2.69. The zero-order chi connectivity index (χ0) is 19.4. The molecule has 0 fully saturated rings. The summed E-state index contributed by atoms with van der Waals surface area (Å²) in [6, 6.07) is 11.9. The fourth-order valence-corrected chi connectivity index (χ4v) is 3.20. The number of ether oxygens (including phenoxy) is 1. The standard InChI is InChI=1S/C20H17Cl2FN2O2/c21-16-4-5-17(23)19(22)15(16)6-7-27-18-9-14(10-25-20(18)24)13-3-1-2-12(8-13)11-26/h1-5,8-10,26H,6-7,11H2,(H2,24,25). The van der Waals surface area contributed by atoms with Crippen molar-refractivity contribution in [3.63, 3.8) is 0 Å². The minimum absolute atomic E-state index is 0.00762. The predicted molar refractivity (Wildman–Crippen MR) is 106 cm³/mol. The number of halogens is 3. The largest absolute Gasteiger partial charge is 0.489 e. The van der Waals surface area contributed by atoms with E-state index in [0.717, 1.165) is 16.7 Å². The molecule has 140 valence electrons. The maximum absolute atomic E-state index is 13.6. The van der Waals surface area contributed by atoms with Crippen molar-refractivity contribution in [2.24, 2.45) is 0 Å². The molecule has 0 aliphatic rings. The molecule has 27 heavy (non-hydrogen) atoms. The molecule has 0 saturated carbocycles. The lowest BCUT2D eigenvalue weighted by atomic mass is 10.0. The number of pyridine rings is 1. The highest BCUT2D eigenvalue weighted by Gasteiger charge is 2.12. The summed E-state index contributed by atoms with van der Waals surface area (Å²) in [7, 11) is 0. The van der Waals surface area contributed by atoms with Crippen LogP contribution in [0.3, 0.4) is 0 Å². The Morgan fingerprint density at radius 1 is 1.11 bits per heavy atom. The van der Waals surface area contributed by atoms with E-state index >= 15 is 0 Å². The summed E-state index contributed by atoms with van der Waals surface area (Å²) in [6.07, 6.45) is 1.96. The first-order valence-corrected chi connectivity index (χ1v) is 8.96. The van der Waals surface area contributed by atoms with Crippen LogP contribution in [0.15, 0.2) is 48.7 Å². The normalized spacial score (nSPS) is 10.8. The van der Waals surface area contributed by atoms with Crippen LogP contribution in [0.25, 0.3) is 11.1 Å². The van der Waals surface area contributed by atoms with E-state index in [9.17, 15) is 9.50 Å². The Morgan fingerprint density at radius 3 is 2.70 bits per heavy atom. The molecule has 0 spiro atoms. The van der Waals surface area contributed by atoms with Crippen molar-refractivity contribution in [1.82, 2.24) is 4.98 Å². The summed E-state index contributed by atoms with van der Waals surface area (Å²) in [5.74, 6) is 0.127. The molecule has 0 saturated heterocycles. The van der Waals surface area contributed by atoms with Crippen LogP contribution >= 0.6 is 23.2 Å². The van der Waals surface area contributed by atoms with E-state index in [-0.39, 0.29) is 24.1 Å². The van der Waals surface area contributed by atoms with Gasteiger partial charge in [0.1, 0.15) is 5.82 Å². The van der Waals surface area contributed by atoms with Gasteiger partial charge in [-0.3, -0.25) is 0 Å². The van der Waals surface area contributed by atoms with Crippen molar-refractivity contribution in [3.05, 3.63) is 75.7 Å². The van der Waals surface area contributed by atoms with E-state index in [4.69, 9.17) is 33.7 Å². The van der Waals surface area contributed by atoms with Crippen LogP contribution in [-0.4, -0.2) is 16.7 Å². The number of aromatic nitrogens is 1. The van der Waals surface area contributed by atoms with Gasteiger partial charge in [-0.15, -0.1) is 0 Å². The van der Waals surface area contributed by atoms with E-state index in [1.807, 2.05) is 24.3 Å². The van der Waals surface area contributed by atoms with Gasteiger partial charge in [0.15, 0.2) is 11.6 Å². The fourth-order valence-electron chi connectivity index (χ4n) is 2.64. The number of aliphatic hydroxyl groups is 1. The van der Waals surface area contributed by atoms with Crippen LogP contribution in [-0.2, 0) is 13.0 Å². The van der Waals surface area contributed by atoms with Crippen LogP contribution in [0.4, 0.5) is 10.2 Å². The van der Waals surface area contributed by atoms with Gasteiger partial charge in [0.2, 0.25) is 0 Å². The lowest BCUT2D eigenvalue weighted by Crippen LogP contribution is -2.06. The molecule has 0 atom stereocenters. The Kier molecular flexibility index (Phi) is 6.16. The third-order valence-electron chi connectivity index (χ3n) is 4.07. The van der Waals surface area contributed by atoms with E-state index in [1.54, 1.807) is 12.3 Å². The maximum atomic E-state index is 13.6. The summed E-state index contributed by atoms with van der Waals surface area (Å²) < 4.78 is 19.3. The molecule has 2 aromatic carbocycles. The van der Waals surface area contributed by atoms with Crippen molar-refractivity contribution in [2.75, 3.05) is 12.3 Å². The molecule has 0 aliphatic carbocycles. The van der Waals surface area contributed by atoms with Gasteiger partial charge < -0.3 is 15.6 Å². The van der Waals surface area contributed by atoms with Crippen LogP contribution in [0, 0.1) is 5.82 Å². The van der Waals surface area contributed by atoms with Gasteiger partial charge in [0.25, 0.3) is 0 Å². The summed E-state index contributed by atoms with van der Waals surface area (Å²) >= 11 is 12.1. The van der Waals surface area contributed by atoms with E-state index in [2.05, 4.69) is 4.98 Å².